The minimum atomic E-state index is 0.143. The van der Waals surface area contributed by atoms with Gasteiger partial charge in [-0.2, -0.15) is 0 Å². The maximum absolute atomic E-state index is 11.4. The van der Waals surface area contributed by atoms with Gasteiger partial charge in [-0.3, -0.25) is 4.79 Å². The Bertz CT molecular complexity index is 748. The molecule has 2 N–H and O–H groups in total. The van der Waals surface area contributed by atoms with Crippen molar-refractivity contribution in [1.82, 2.24) is 9.55 Å². The van der Waals surface area contributed by atoms with Crippen molar-refractivity contribution in [2.45, 2.75) is 51.2 Å². The molecule has 1 aromatic rings. The van der Waals surface area contributed by atoms with Crippen LogP contribution in [0, 0.1) is 5.92 Å². The van der Waals surface area contributed by atoms with E-state index in [0.717, 1.165) is 36.8 Å². The number of rotatable bonds is 7. The summed E-state index contributed by atoms with van der Waals surface area (Å²) in [5.41, 5.74) is 6.88. The molecule has 7 heteroatoms. The van der Waals surface area contributed by atoms with Crippen molar-refractivity contribution in [3.8, 4) is 0 Å². The monoisotopic (exact) mass is 360 g/mol. The largest absolute Gasteiger partial charge is 0.493 e. The summed E-state index contributed by atoms with van der Waals surface area (Å²) in [6.07, 6.45) is 8.76. The second kappa shape index (κ2) is 7.91. The lowest BCUT2D eigenvalue weighted by molar-refractivity contribution is -0.117. The van der Waals surface area contributed by atoms with Crippen molar-refractivity contribution in [2.24, 2.45) is 16.6 Å². The Balaban J connectivity index is 1.87. The van der Waals surface area contributed by atoms with Crippen molar-refractivity contribution in [1.29, 1.82) is 0 Å². The van der Waals surface area contributed by atoms with E-state index in [1.54, 1.807) is 24.9 Å². The zero-order valence-electron chi connectivity index (χ0n) is 14.7. The molecule has 3 rings (SSSR count). The number of allylic oxidation sites excluding steroid dienone is 2. The molecule has 0 amide bonds. The molecule has 2 aliphatic rings. The molecule has 0 bridgehead atoms. The molecule has 1 aliphatic heterocycles. The average molecular weight is 360 g/mol. The Hall–Kier alpha value is -2.02. The molecule has 1 aromatic heterocycles. The van der Waals surface area contributed by atoms with E-state index in [4.69, 9.17) is 10.5 Å². The predicted molar refractivity (Wildman–Crippen MR) is 99.8 cm³/mol. The van der Waals surface area contributed by atoms with E-state index < -0.39 is 0 Å². The number of imidazole rings is 1. The van der Waals surface area contributed by atoms with E-state index in [9.17, 15) is 4.79 Å². The fourth-order valence-electron chi connectivity index (χ4n) is 3.16. The highest BCUT2D eigenvalue weighted by Crippen LogP contribution is 2.44. The van der Waals surface area contributed by atoms with Crippen LogP contribution < -0.4 is 5.73 Å². The highest BCUT2D eigenvalue weighted by Gasteiger charge is 2.27. The molecule has 0 spiro atoms. The third kappa shape index (κ3) is 3.98. The number of ketones is 1. The number of hydrogen-bond acceptors (Lipinski definition) is 5. The second-order valence-electron chi connectivity index (χ2n) is 6.31. The number of nitrogens with zero attached hydrogens (tertiary/aromatic N) is 3. The highest BCUT2D eigenvalue weighted by molar-refractivity contribution is 8.03. The predicted octanol–water partition coefficient (Wildman–Crippen LogP) is 3.56. The molecule has 1 atom stereocenters. The zero-order valence-corrected chi connectivity index (χ0v) is 15.5. The molecular weight excluding hydrogens is 336 g/mol. The lowest BCUT2D eigenvalue weighted by Gasteiger charge is -2.23. The Morgan fingerprint density at radius 3 is 3.16 bits per heavy atom. The van der Waals surface area contributed by atoms with Crippen LogP contribution in [0.15, 0.2) is 38.7 Å². The van der Waals surface area contributed by atoms with Gasteiger partial charge in [0.2, 0.25) is 0 Å². The lowest BCUT2D eigenvalue weighted by atomic mass is 9.90. The number of aliphatic imine (C=N–C) groups is 1. The van der Waals surface area contributed by atoms with Crippen molar-refractivity contribution in [3.05, 3.63) is 28.5 Å². The number of nitrogens with two attached hydrogens (primary N) is 1. The molecule has 1 aliphatic carbocycles. The molecule has 0 saturated carbocycles. The van der Waals surface area contributed by atoms with Gasteiger partial charge in [-0.1, -0.05) is 18.7 Å². The molecule has 2 heterocycles. The number of carbonyl (C=O) groups is 1. The van der Waals surface area contributed by atoms with Crippen LogP contribution in [0.5, 0.6) is 0 Å². The number of carbonyl (C=O) groups excluding carboxylic acids is 1. The minimum absolute atomic E-state index is 0.143. The summed E-state index contributed by atoms with van der Waals surface area (Å²) in [7, 11) is 0. The normalized spacial score (nSPS) is 19.9. The van der Waals surface area contributed by atoms with Gasteiger partial charge in [0.25, 0.3) is 0 Å². The van der Waals surface area contributed by atoms with Crippen molar-refractivity contribution in [2.75, 3.05) is 6.61 Å². The minimum Gasteiger partial charge on any atom is -0.493 e. The summed E-state index contributed by atoms with van der Waals surface area (Å²) in [4.78, 5) is 21.3. The summed E-state index contributed by atoms with van der Waals surface area (Å²) in [6, 6.07) is 0. The smallest absolute Gasteiger partial charge is 0.174 e. The summed E-state index contributed by atoms with van der Waals surface area (Å²) in [5.74, 6) is 2.34. The van der Waals surface area contributed by atoms with Gasteiger partial charge in [0, 0.05) is 19.4 Å². The first-order chi connectivity index (χ1) is 12.1. The number of ether oxygens (including phenoxy) is 1. The molecule has 134 valence electrons. The van der Waals surface area contributed by atoms with Gasteiger partial charge in [-0.25, -0.2) is 9.98 Å². The van der Waals surface area contributed by atoms with Crippen molar-refractivity contribution in [3.63, 3.8) is 0 Å². The van der Waals surface area contributed by atoms with Crippen LogP contribution in [0.4, 0.5) is 5.82 Å². The standard InChI is InChI=1S/C18H24N4O2S/c1-3-13-8-14-5-7-24-15(14)9-16(13)25-18-20-10-17(21-11-19)22(18)6-4-12(2)23/h9-11,13H,3-8H2,1-2H3,(H2,19,21). The third-order valence-electron chi connectivity index (χ3n) is 4.57. The van der Waals surface area contributed by atoms with Gasteiger partial charge < -0.3 is 15.0 Å². The first-order valence-electron chi connectivity index (χ1n) is 8.65. The van der Waals surface area contributed by atoms with Crippen LogP contribution in [-0.2, 0) is 16.1 Å². The maximum atomic E-state index is 11.4. The van der Waals surface area contributed by atoms with Crippen molar-refractivity contribution < 1.29 is 9.53 Å². The van der Waals surface area contributed by atoms with Crippen LogP contribution >= 0.6 is 11.8 Å². The molecule has 0 saturated heterocycles. The van der Waals surface area contributed by atoms with Gasteiger partial charge in [-0.05, 0) is 42.2 Å². The van der Waals surface area contributed by atoms with Crippen LogP contribution in [-0.4, -0.2) is 28.3 Å². The molecule has 0 radical (unpaired) electrons. The van der Waals surface area contributed by atoms with Crippen LogP contribution in [0.3, 0.4) is 0 Å². The number of thioether (sulfide) groups is 1. The summed E-state index contributed by atoms with van der Waals surface area (Å²) in [5, 5.41) is 0.841. The van der Waals surface area contributed by atoms with Gasteiger partial charge in [0.05, 0.1) is 19.1 Å². The Morgan fingerprint density at radius 2 is 2.44 bits per heavy atom. The SMILES string of the molecule is CCC1CC2=C(C=C1Sc1ncc(N=CN)n1CCC(C)=O)OCC2. The van der Waals surface area contributed by atoms with E-state index in [2.05, 4.69) is 23.0 Å². The average Bonchev–Trinajstić information content (AvgIpc) is 3.19. The fraction of sp³-hybridized carbons (Fsp3) is 0.500. The van der Waals surface area contributed by atoms with E-state index in [1.807, 2.05) is 4.57 Å². The summed E-state index contributed by atoms with van der Waals surface area (Å²) in [6.45, 7) is 5.15. The number of hydrogen-bond donors (Lipinski definition) is 1. The molecule has 25 heavy (non-hydrogen) atoms. The van der Waals surface area contributed by atoms with Gasteiger partial charge in [-0.15, -0.1) is 0 Å². The third-order valence-corrected chi connectivity index (χ3v) is 5.77. The van der Waals surface area contributed by atoms with Crippen molar-refractivity contribution >= 4 is 29.7 Å². The first kappa shape index (κ1) is 17.8. The van der Waals surface area contributed by atoms with E-state index in [0.29, 0.717) is 24.7 Å². The zero-order chi connectivity index (χ0) is 17.8. The van der Waals surface area contributed by atoms with Crippen LogP contribution in [0.1, 0.15) is 39.5 Å². The highest BCUT2D eigenvalue weighted by atomic mass is 32.2. The summed E-state index contributed by atoms with van der Waals surface area (Å²) < 4.78 is 7.71. The lowest BCUT2D eigenvalue weighted by Crippen LogP contribution is -2.09. The maximum Gasteiger partial charge on any atom is 0.174 e. The Labute approximate surface area is 152 Å². The molecule has 0 fully saturated rings. The first-order valence-corrected chi connectivity index (χ1v) is 9.47. The van der Waals surface area contributed by atoms with Gasteiger partial charge in [0.15, 0.2) is 11.0 Å². The number of Topliss-reactive ketones (excluding diaryl/α,β-unsaturated/α-hetero) is 1. The fourth-order valence-corrected chi connectivity index (χ4v) is 4.35. The molecular formula is C18H24N4O2S. The van der Waals surface area contributed by atoms with Gasteiger partial charge in [0.1, 0.15) is 11.5 Å². The van der Waals surface area contributed by atoms with Crippen LogP contribution in [0.2, 0.25) is 0 Å². The molecule has 1 unspecified atom stereocenters. The molecule has 6 nitrogen and oxygen atoms in total. The second-order valence-corrected chi connectivity index (χ2v) is 7.35. The van der Waals surface area contributed by atoms with E-state index in [1.165, 1.54) is 16.8 Å². The topological polar surface area (TPSA) is 82.5 Å². The Kier molecular flexibility index (Phi) is 5.63. The number of aromatic nitrogens is 2. The quantitative estimate of drug-likeness (QED) is 0.594. The van der Waals surface area contributed by atoms with Crippen LogP contribution in [0.25, 0.3) is 0 Å². The van der Waals surface area contributed by atoms with E-state index in [-0.39, 0.29) is 5.78 Å². The van der Waals surface area contributed by atoms with E-state index >= 15 is 0 Å². The Morgan fingerprint density at radius 1 is 1.60 bits per heavy atom. The van der Waals surface area contributed by atoms with Gasteiger partial charge >= 0.3 is 0 Å². The summed E-state index contributed by atoms with van der Waals surface area (Å²) >= 11 is 1.64. The molecule has 0 aromatic carbocycles.